The van der Waals surface area contributed by atoms with Gasteiger partial charge in [0, 0.05) is 22.4 Å². The summed E-state index contributed by atoms with van der Waals surface area (Å²) >= 11 is 6.00. The minimum atomic E-state index is 0.0786. The van der Waals surface area contributed by atoms with E-state index in [9.17, 15) is 5.11 Å². The van der Waals surface area contributed by atoms with Crippen molar-refractivity contribution in [2.24, 2.45) is 4.99 Å². The number of fused-ring (bicyclic) bond motifs is 1. The van der Waals surface area contributed by atoms with Crippen LogP contribution in [0.15, 0.2) is 70.1 Å². The van der Waals surface area contributed by atoms with E-state index in [-0.39, 0.29) is 5.75 Å². The van der Waals surface area contributed by atoms with Gasteiger partial charge in [-0.1, -0.05) is 17.7 Å². The van der Waals surface area contributed by atoms with Crippen molar-refractivity contribution in [1.29, 1.82) is 0 Å². The van der Waals surface area contributed by atoms with Crippen molar-refractivity contribution in [1.82, 2.24) is 4.98 Å². The minimum Gasteiger partial charge on any atom is -0.504 e. The first-order chi connectivity index (χ1) is 13.6. The van der Waals surface area contributed by atoms with Crippen molar-refractivity contribution >= 4 is 34.6 Å². The number of oxazole rings is 1. The van der Waals surface area contributed by atoms with E-state index >= 15 is 0 Å². The molecular formula is C22H17ClN2O3. The van der Waals surface area contributed by atoms with Gasteiger partial charge in [0.15, 0.2) is 17.1 Å². The molecule has 5 nitrogen and oxygen atoms in total. The summed E-state index contributed by atoms with van der Waals surface area (Å²) in [5.41, 5.74) is 3.57. The predicted molar refractivity (Wildman–Crippen MR) is 111 cm³/mol. The fourth-order valence-electron chi connectivity index (χ4n) is 2.77. The van der Waals surface area contributed by atoms with Gasteiger partial charge in [-0.15, -0.1) is 0 Å². The molecule has 3 aromatic carbocycles. The maximum atomic E-state index is 10.2. The van der Waals surface area contributed by atoms with E-state index in [0.717, 1.165) is 11.3 Å². The smallest absolute Gasteiger partial charge is 0.227 e. The molecule has 140 valence electrons. The second-order valence-electron chi connectivity index (χ2n) is 6.06. The quantitative estimate of drug-likeness (QED) is 0.423. The monoisotopic (exact) mass is 392 g/mol. The summed E-state index contributed by atoms with van der Waals surface area (Å²) in [6.45, 7) is 2.35. The highest BCUT2D eigenvalue weighted by molar-refractivity contribution is 6.31. The Balaban J connectivity index is 1.56. The molecule has 0 saturated carbocycles. The average Bonchev–Trinajstić information content (AvgIpc) is 3.12. The van der Waals surface area contributed by atoms with Crippen LogP contribution in [0.25, 0.3) is 22.6 Å². The Morgan fingerprint density at radius 2 is 1.96 bits per heavy atom. The van der Waals surface area contributed by atoms with Crippen LogP contribution in [0.2, 0.25) is 5.02 Å². The van der Waals surface area contributed by atoms with Gasteiger partial charge in [-0.05, 0) is 61.5 Å². The van der Waals surface area contributed by atoms with Crippen LogP contribution in [0.1, 0.15) is 12.5 Å². The lowest BCUT2D eigenvalue weighted by molar-refractivity contribution is 0.318. The fraction of sp³-hybridized carbons (Fsp3) is 0.0909. The molecule has 0 amide bonds. The zero-order valence-corrected chi connectivity index (χ0v) is 15.8. The van der Waals surface area contributed by atoms with Crippen molar-refractivity contribution in [3.8, 4) is 23.0 Å². The summed E-state index contributed by atoms with van der Waals surface area (Å²) in [7, 11) is 0. The summed E-state index contributed by atoms with van der Waals surface area (Å²) < 4.78 is 11.2. The number of para-hydroxylation sites is 1. The van der Waals surface area contributed by atoms with Crippen molar-refractivity contribution < 1.29 is 14.3 Å². The number of hydrogen-bond acceptors (Lipinski definition) is 5. The van der Waals surface area contributed by atoms with Crippen LogP contribution in [-0.4, -0.2) is 22.9 Å². The van der Waals surface area contributed by atoms with Crippen LogP contribution >= 0.6 is 11.6 Å². The number of nitrogens with zero attached hydrogens (tertiary/aromatic N) is 2. The third kappa shape index (κ3) is 3.70. The summed E-state index contributed by atoms with van der Waals surface area (Å²) in [5, 5.41) is 10.9. The number of halogens is 1. The van der Waals surface area contributed by atoms with Crippen LogP contribution < -0.4 is 4.74 Å². The molecule has 0 saturated heterocycles. The van der Waals surface area contributed by atoms with Crippen LogP contribution in [0, 0.1) is 0 Å². The minimum absolute atomic E-state index is 0.0786. The number of benzene rings is 3. The van der Waals surface area contributed by atoms with Gasteiger partial charge >= 0.3 is 0 Å². The SMILES string of the molecule is CCOc1cccc(C=Nc2ccc(-c3nc4cc(Cl)ccc4o3)cc2)c1O. The number of aromatic nitrogens is 1. The van der Waals surface area contributed by atoms with Crippen molar-refractivity contribution in [2.45, 2.75) is 6.92 Å². The molecule has 0 aliphatic carbocycles. The zero-order valence-electron chi connectivity index (χ0n) is 15.1. The second kappa shape index (κ2) is 7.74. The number of phenolic OH excluding ortho intramolecular Hbond substituents is 1. The van der Waals surface area contributed by atoms with E-state index in [1.807, 2.05) is 37.3 Å². The Morgan fingerprint density at radius 3 is 2.75 bits per heavy atom. The van der Waals surface area contributed by atoms with Gasteiger partial charge in [-0.25, -0.2) is 4.98 Å². The molecule has 0 unspecified atom stereocenters. The molecule has 0 bridgehead atoms. The van der Waals surface area contributed by atoms with E-state index < -0.39 is 0 Å². The van der Waals surface area contributed by atoms with Gasteiger partial charge in [0.25, 0.3) is 0 Å². The molecular weight excluding hydrogens is 376 g/mol. The number of aromatic hydroxyl groups is 1. The number of phenols is 1. The number of aliphatic imine (C=N–C) groups is 1. The lowest BCUT2D eigenvalue weighted by Gasteiger charge is -2.07. The standard InChI is InChI=1S/C22H17ClN2O3/c1-2-27-20-5-3-4-15(21(20)26)13-24-17-9-6-14(7-10-17)22-25-18-12-16(23)8-11-19(18)28-22/h3-13,26H,2H2,1H3. The molecule has 4 rings (SSSR count). The summed E-state index contributed by atoms with van der Waals surface area (Å²) in [5.74, 6) is 1.04. The first-order valence-corrected chi connectivity index (χ1v) is 9.17. The largest absolute Gasteiger partial charge is 0.504 e. The van der Waals surface area contributed by atoms with Crippen molar-refractivity contribution in [3.05, 3.63) is 71.2 Å². The molecule has 1 heterocycles. The number of rotatable bonds is 5. The Bertz CT molecular complexity index is 1150. The summed E-state index contributed by atoms with van der Waals surface area (Å²) in [4.78, 5) is 8.89. The highest BCUT2D eigenvalue weighted by Gasteiger charge is 2.09. The molecule has 0 aliphatic rings. The van der Waals surface area contributed by atoms with E-state index in [4.69, 9.17) is 20.8 Å². The van der Waals surface area contributed by atoms with E-state index in [1.165, 1.54) is 0 Å². The van der Waals surface area contributed by atoms with Crippen molar-refractivity contribution in [2.75, 3.05) is 6.61 Å². The van der Waals surface area contributed by atoms with Gasteiger partial charge in [0.05, 0.1) is 12.3 Å². The lowest BCUT2D eigenvalue weighted by atomic mass is 10.2. The zero-order chi connectivity index (χ0) is 19.5. The van der Waals surface area contributed by atoms with E-state index in [2.05, 4.69) is 9.98 Å². The Kier molecular flexibility index (Phi) is 5.00. The van der Waals surface area contributed by atoms with Crippen LogP contribution in [0.4, 0.5) is 5.69 Å². The molecule has 6 heteroatoms. The average molecular weight is 393 g/mol. The first kappa shape index (κ1) is 18.1. The number of hydrogen-bond donors (Lipinski definition) is 1. The van der Waals surface area contributed by atoms with Crippen LogP contribution in [0.5, 0.6) is 11.5 Å². The molecule has 4 aromatic rings. The first-order valence-electron chi connectivity index (χ1n) is 8.79. The summed E-state index contributed by atoms with van der Waals surface area (Å²) in [6, 6.07) is 18.1. The molecule has 28 heavy (non-hydrogen) atoms. The van der Waals surface area contributed by atoms with E-state index in [0.29, 0.717) is 39.9 Å². The summed E-state index contributed by atoms with van der Waals surface area (Å²) in [6.07, 6.45) is 1.61. The van der Waals surface area contributed by atoms with Gasteiger partial charge in [-0.2, -0.15) is 0 Å². The van der Waals surface area contributed by atoms with Gasteiger partial charge in [0.2, 0.25) is 5.89 Å². The molecule has 1 N–H and O–H groups in total. The fourth-order valence-corrected chi connectivity index (χ4v) is 2.94. The predicted octanol–water partition coefficient (Wildman–Crippen LogP) is 6.00. The number of ether oxygens (including phenoxy) is 1. The normalized spacial score (nSPS) is 11.4. The topological polar surface area (TPSA) is 67.9 Å². The van der Waals surface area contributed by atoms with E-state index in [1.54, 1.807) is 36.5 Å². The third-order valence-electron chi connectivity index (χ3n) is 4.15. The second-order valence-corrected chi connectivity index (χ2v) is 6.50. The molecule has 0 atom stereocenters. The Labute approximate surface area is 166 Å². The lowest BCUT2D eigenvalue weighted by Crippen LogP contribution is -1.93. The van der Waals surface area contributed by atoms with Crippen LogP contribution in [-0.2, 0) is 0 Å². The van der Waals surface area contributed by atoms with Crippen molar-refractivity contribution in [3.63, 3.8) is 0 Å². The van der Waals surface area contributed by atoms with Gasteiger partial charge < -0.3 is 14.3 Å². The third-order valence-corrected chi connectivity index (χ3v) is 4.38. The molecule has 1 aromatic heterocycles. The molecule has 0 aliphatic heterocycles. The van der Waals surface area contributed by atoms with Gasteiger partial charge in [-0.3, -0.25) is 4.99 Å². The highest BCUT2D eigenvalue weighted by Crippen LogP contribution is 2.30. The highest BCUT2D eigenvalue weighted by atomic mass is 35.5. The maximum absolute atomic E-state index is 10.2. The molecule has 0 spiro atoms. The van der Waals surface area contributed by atoms with Crippen LogP contribution in [0.3, 0.4) is 0 Å². The molecule has 0 fully saturated rings. The Morgan fingerprint density at radius 1 is 1.14 bits per heavy atom. The maximum Gasteiger partial charge on any atom is 0.227 e. The molecule has 0 radical (unpaired) electrons. The van der Waals surface area contributed by atoms with Gasteiger partial charge in [0.1, 0.15) is 5.52 Å². The Hall–Kier alpha value is -3.31.